The van der Waals surface area contributed by atoms with Crippen molar-refractivity contribution in [2.75, 3.05) is 51.4 Å². The van der Waals surface area contributed by atoms with Gasteiger partial charge < -0.3 is 14.6 Å². The molecular formula is C22H28ClN3O3S. The number of hydrogen-bond acceptors (Lipinski definition) is 6. The summed E-state index contributed by atoms with van der Waals surface area (Å²) in [6.45, 7) is 6.00. The normalized spacial score (nSPS) is 16.1. The smallest absolute Gasteiger partial charge is 0.161 e. The van der Waals surface area contributed by atoms with Crippen molar-refractivity contribution >= 4 is 35.0 Å². The summed E-state index contributed by atoms with van der Waals surface area (Å²) in [6, 6.07) is 13.3. The molecule has 30 heavy (non-hydrogen) atoms. The third-order valence-electron chi connectivity index (χ3n) is 5.14. The summed E-state index contributed by atoms with van der Waals surface area (Å²) < 4.78 is 11.0. The second kappa shape index (κ2) is 10.9. The minimum Gasteiger partial charge on any atom is -0.493 e. The van der Waals surface area contributed by atoms with Crippen molar-refractivity contribution in [2.45, 2.75) is 13.0 Å². The zero-order chi connectivity index (χ0) is 21.5. The molecule has 3 rings (SSSR count). The molecule has 162 valence electrons. The number of nitrogens with zero attached hydrogens (tertiary/aromatic N) is 3. The van der Waals surface area contributed by atoms with Crippen LogP contribution < -0.4 is 14.5 Å². The summed E-state index contributed by atoms with van der Waals surface area (Å²) in [7, 11) is 1.60. The zero-order valence-corrected chi connectivity index (χ0v) is 18.9. The van der Waals surface area contributed by atoms with E-state index in [2.05, 4.69) is 9.91 Å². The van der Waals surface area contributed by atoms with Crippen LogP contribution in [0.15, 0.2) is 42.5 Å². The number of thiocarbonyl (C=S) groups is 1. The van der Waals surface area contributed by atoms with Gasteiger partial charge in [-0.15, -0.1) is 0 Å². The maximum absolute atomic E-state index is 10.4. The van der Waals surface area contributed by atoms with Crippen LogP contribution in [-0.4, -0.2) is 73.1 Å². The van der Waals surface area contributed by atoms with E-state index in [-0.39, 0.29) is 6.61 Å². The molecule has 2 aromatic carbocycles. The monoisotopic (exact) mass is 449 g/mol. The summed E-state index contributed by atoms with van der Waals surface area (Å²) in [4.78, 5) is 2.23. The predicted molar refractivity (Wildman–Crippen MR) is 125 cm³/mol. The fourth-order valence-corrected chi connectivity index (χ4v) is 4.13. The minimum absolute atomic E-state index is 0.214. The lowest BCUT2D eigenvalue weighted by Gasteiger charge is -2.41. The molecule has 0 bridgehead atoms. The van der Waals surface area contributed by atoms with E-state index >= 15 is 0 Å². The molecule has 1 saturated heterocycles. The lowest BCUT2D eigenvalue weighted by Crippen LogP contribution is -2.55. The Morgan fingerprint density at radius 3 is 2.47 bits per heavy atom. The Bertz CT molecular complexity index is 826. The Morgan fingerprint density at radius 2 is 1.83 bits per heavy atom. The highest BCUT2D eigenvalue weighted by atomic mass is 35.5. The number of methoxy groups -OCH3 is 1. The van der Waals surface area contributed by atoms with E-state index in [1.807, 2.05) is 54.4 Å². The summed E-state index contributed by atoms with van der Waals surface area (Å²) >= 11 is 11.7. The molecule has 6 nitrogen and oxygen atoms in total. The number of ether oxygens (including phenoxy) is 2. The summed E-state index contributed by atoms with van der Waals surface area (Å²) in [5.41, 5.74) is 3.64. The Balaban J connectivity index is 1.50. The van der Waals surface area contributed by atoms with E-state index in [1.54, 1.807) is 12.6 Å². The number of β-amino-alcohol motifs (C(OH)–C–C–N with tert-alkyl or cyclic N) is 1. The van der Waals surface area contributed by atoms with Crippen LogP contribution in [-0.2, 0) is 0 Å². The van der Waals surface area contributed by atoms with Gasteiger partial charge in [0.25, 0.3) is 0 Å². The maximum atomic E-state index is 10.4. The fraction of sp³-hybridized carbons (Fsp3) is 0.409. The second-order valence-corrected chi connectivity index (χ2v) is 7.84. The molecule has 0 aromatic heterocycles. The van der Waals surface area contributed by atoms with Gasteiger partial charge in [-0.3, -0.25) is 9.91 Å². The quantitative estimate of drug-likeness (QED) is 0.589. The third kappa shape index (κ3) is 5.62. The second-order valence-electron chi connectivity index (χ2n) is 7.23. The molecule has 0 amide bonds. The van der Waals surface area contributed by atoms with Crippen LogP contribution in [0.5, 0.6) is 11.5 Å². The van der Waals surface area contributed by atoms with E-state index in [9.17, 15) is 5.11 Å². The van der Waals surface area contributed by atoms with E-state index in [4.69, 9.17) is 33.3 Å². The summed E-state index contributed by atoms with van der Waals surface area (Å²) in [5, 5.41) is 15.3. The SMILES string of the molecule is COc1ccccc1OC[C@H](O)CN1CCN(N(C=S)c2c(C)cccc2Cl)CC1. The molecule has 0 spiro atoms. The molecule has 0 unspecified atom stereocenters. The molecule has 1 N–H and O–H groups in total. The van der Waals surface area contributed by atoms with Gasteiger partial charge >= 0.3 is 0 Å². The van der Waals surface area contributed by atoms with Crippen LogP contribution in [0.25, 0.3) is 0 Å². The molecule has 2 aromatic rings. The minimum atomic E-state index is -0.589. The third-order valence-corrected chi connectivity index (χ3v) is 5.64. The first-order valence-corrected chi connectivity index (χ1v) is 10.8. The van der Waals surface area contributed by atoms with Crippen LogP contribution in [0.4, 0.5) is 5.69 Å². The number of halogens is 1. The van der Waals surface area contributed by atoms with E-state index < -0.39 is 6.10 Å². The van der Waals surface area contributed by atoms with Crippen molar-refractivity contribution in [2.24, 2.45) is 0 Å². The number of anilines is 1. The predicted octanol–water partition coefficient (Wildman–Crippen LogP) is 3.39. The summed E-state index contributed by atoms with van der Waals surface area (Å²) in [6.07, 6.45) is -0.589. The first kappa shape index (κ1) is 22.8. The van der Waals surface area contributed by atoms with E-state index in [1.165, 1.54) is 0 Å². The van der Waals surface area contributed by atoms with Crippen molar-refractivity contribution in [3.8, 4) is 11.5 Å². The van der Waals surface area contributed by atoms with E-state index in [0.717, 1.165) is 37.4 Å². The molecular weight excluding hydrogens is 422 g/mol. The number of para-hydroxylation sites is 3. The molecule has 0 aliphatic carbocycles. The molecule has 8 heteroatoms. The van der Waals surface area contributed by atoms with Crippen molar-refractivity contribution in [1.29, 1.82) is 0 Å². The number of aliphatic hydroxyl groups is 1. The van der Waals surface area contributed by atoms with Gasteiger partial charge in [-0.25, -0.2) is 5.01 Å². The zero-order valence-electron chi connectivity index (χ0n) is 17.3. The van der Waals surface area contributed by atoms with Crippen LogP contribution in [0.1, 0.15) is 5.56 Å². The number of hydrazine groups is 1. The average molecular weight is 450 g/mol. The molecule has 1 aliphatic heterocycles. The average Bonchev–Trinajstić information content (AvgIpc) is 2.76. The Morgan fingerprint density at radius 1 is 1.13 bits per heavy atom. The molecule has 1 aliphatic rings. The van der Waals surface area contributed by atoms with Crippen LogP contribution >= 0.6 is 23.8 Å². The highest BCUT2D eigenvalue weighted by molar-refractivity contribution is 7.79. The van der Waals surface area contributed by atoms with Crippen LogP contribution in [0.2, 0.25) is 5.02 Å². The summed E-state index contributed by atoms with van der Waals surface area (Å²) in [5.74, 6) is 1.30. The lowest BCUT2D eigenvalue weighted by atomic mass is 10.2. The fourth-order valence-electron chi connectivity index (χ4n) is 3.58. The molecule has 0 radical (unpaired) electrons. The Hall–Kier alpha value is -1.90. The van der Waals surface area contributed by atoms with Crippen molar-refractivity contribution in [3.63, 3.8) is 0 Å². The number of hydrogen-bond donors (Lipinski definition) is 1. The number of aliphatic hydroxyl groups excluding tert-OH is 1. The largest absolute Gasteiger partial charge is 0.493 e. The van der Waals surface area contributed by atoms with Gasteiger partial charge in [0.05, 0.1) is 23.3 Å². The van der Waals surface area contributed by atoms with E-state index in [0.29, 0.717) is 23.1 Å². The number of piperazine rings is 1. The maximum Gasteiger partial charge on any atom is 0.161 e. The van der Waals surface area contributed by atoms with Crippen LogP contribution in [0, 0.1) is 6.92 Å². The lowest BCUT2D eigenvalue weighted by molar-refractivity contribution is 0.0463. The standard InChI is InChI=1S/C22H28ClN3O3S/c1-17-6-5-7-19(23)22(17)26(16-30)25-12-10-24(11-13-25)14-18(27)15-29-21-9-4-3-8-20(21)28-2/h3-9,16,18,27H,10-15H2,1-2H3/t18-/m1/s1. The van der Waals surface area contributed by atoms with Gasteiger partial charge in [-0.2, -0.15) is 0 Å². The Labute approximate surface area is 188 Å². The van der Waals surface area contributed by atoms with Gasteiger partial charge in [-0.1, -0.05) is 48.1 Å². The topological polar surface area (TPSA) is 48.4 Å². The van der Waals surface area contributed by atoms with Crippen LogP contribution in [0.3, 0.4) is 0 Å². The van der Waals surface area contributed by atoms with Gasteiger partial charge in [0.15, 0.2) is 11.5 Å². The highest BCUT2D eigenvalue weighted by Gasteiger charge is 2.25. The van der Waals surface area contributed by atoms with Crippen molar-refractivity contribution < 1.29 is 14.6 Å². The first-order valence-electron chi connectivity index (χ1n) is 9.94. The number of benzene rings is 2. The van der Waals surface area contributed by atoms with Gasteiger partial charge in [-0.05, 0) is 30.7 Å². The van der Waals surface area contributed by atoms with Gasteiger partial charge in [0.1, 0.15) is 12.7 Å². The van der Waals surface area contributed by atoms with Crippen molar-refractivity contribution in [3.05, 3.63) is 53.1 Å². The molecule has 1 atom stereocenters. The highest BCUT2D eigenvalue weighted by Crippen LogP contribution is 2.30. The van der Waals surface area contributed by atoms with Crippen molar-refractivity contribution in [1.82, 2.24) is 9.91 Å². The Kier molecular flexibility index (Phi) is 8.30. The molecule has 1 heterocycles. The first-order chi connectivity index (χ1) is 14.5. The van der Waals surface area contributed by atoms with Gasteiger partial charge in [0, 0.05) is 32.7 Å². The number of aryl methyl sites for hydroxylation is 1. The molecule has 1 fully saturated rings. The van der Waals surface area contributed by atoms with Gasteiger partial charge in [0.2, 0.25) is 0 Å². The number of rotatable bonds is 9. The molecule has 0 saturated carbocycles.